The molecule has 0 bridgehead atoms. The second-order valence-corrected chi connectivity index (χ2v) is 10.9. The van der Waals surface area contributed by atoms with Crippen molar-refractivity contribution < 1.29 is 14.3 Å². The van der Waals surface area contributed by atoms with Crippen molar-refractivity contribution in [3.8, 4) is 5.75 Å². The number of halogens is 2. The summed E-state index contributed by atoms with van der Waals surface area (Å²) in [5.41, 5.74) is 3.84. The maximum atomic E-state index is 11.9. The first-order chi connectivity index (χ1) is 16.5. The molecule has 2 aliphatic heterocycles. The average molecular weight is 502 g/mol. The number of ether oxygens (including phenoxy) is 2. The highest BCUT2D eigenvalue weighted by Gasteiger charge is 2.45. The Balaban J connectivity index is 1.18. The minimum Gasteiger partial charge on any atom is -0.492 e. The average Bonchev–Trinajstić information content (AvgIpc) is 3.55. The number of fused-ring (bicyclic) bond motifs is 2. The minimum absolute atomic E-state index is 0.0766. The molecule has 0 N–H and O–H groups in total. The van der Waals surface area contributed by atoms with Gasteiger partial charge in [0, 0.05) is 27.6 Å². The number of hydrogen-bond acceptors (Lipinski definition) is 4. The molecule has 0 aromatic heterocycles. The van der Waals surface area contributed by atoms with Crippen LogP contribution in [0.3, 0.4) is 0 Å². The highest BCUT2D eigenvalue weighted by atomic mass is 35.5. The molecule has 1 saturated carbocycles. The highest BCUT2D eigenvalue weighted by molar-refractivity contribution is 6.36. The lowest BCUT2D eigenvalue weighted by molar-refractivity contribution is -0.144. The molecule has 1 aliphatic carbocycles. The van der Waals surface area contributed by atoms with Crippen LogP contribution in [0.25, 0.3) is 0 Å². The molecule has 2 fully saturated rings. The van der Waals surface area contributed by atoms with Crippen molar-refractivity contribution in [2.45, 2.75) is 62.7 Å². The number of nitrogens with zero attached hydrogens (tertiary/aromatic N) is 1. The van der Waals surface area contributed by atoms with Gasteiger partial charge >= 0.3 is 5.97 Å². The van der Waals surface area contributed by atoms with Crippen LogP contribution in [0.4, 0.5) is 0 Å². The van der Waals surface area contributed by atoms with Crippen molar-refractivity contribution in [1.82, 2.24) is 4.90 Å². The fraction of sp³-hybridized carbons (Fsp3) is 0.536. The van der Waals surface area contributed by atoms with E-state index in [2.05, 4.69) is 30.0 Å². The van der Waals surface area contributed by atoms with Gasteiger partial charge in [-0.05, 0) is 79.9 Å². The first-order valence-corrected chi connectivity index (χ1v) is 13.4. The topological polar surface area (TPSA) is 38.8 Å². The first-order valence-electron chi connectivity index (χ1n) is 12.6. The van der Waals surface area contributed by atoms with E-state index in [0.717, 1.165) is 79.7 Å². The van der Waals surface area contributed by atoms with Gasteiger partial charge in [0.05, 0.1) is 19.6 Å². The van der Waals surface area contributed by atoms with E-state index in [1.54, 1.807) is 0 Å². The molecule has 182 valence electrons. The van der Waals surface area contributed by atoms with E-state index >= 15 is 0 Å². The van der Waals surface area contributed by atoms with Gasteiger partial charge in [-0.25, -0.2) is 0 Å². The maximum absolute atomic E-state index is 11.9. The molecule has 2 heterocycles. The Hall–Kier alpha value is -1.75. The Kier molecular flexibility index (Phi) is 7.11. The number of carbonyl (C=O) groups excluding carboxylic acids is 1. The normalized spacial score (nSPS) is 22.9. The van der Waals surface area contributed by atoms with Crippen LogP contribution in [0, 0.1) is 0 Å². The van der Waals surface area contributed by atoms with Gasteiger partial charge in [0.25, 0.3) is 0 Å². The number of likely N-dealkylation sites (tertiary alicyclic amines) is 1. The molecule has 0 radical (unpaired) electrons. The lowest BCUT2D eigenvalue weighted by Gasteiger charge is -2.38. The van der Waals surface area contributed by atoms with Crippen LogP contribution < -0.4 is 4.74 Å². The van der Waals surface area contributed by atoms with Crippen LogP contribution in [-0.4, -0.2) is 43.7 Å². The van der Waals surface area contributed by atoms with Crippen LogP contribution in [-0.2, 0) is 14.9 Å². The molecule has 2 unspecified atom stereocenters. The highest BCUT2D eigenvalue weighted by Crippen LogP contribution is 2.59. The van der Waals surface area contributed by atoms with E-state index in [4.69, 9.17) is 32.7 Å². The zero-order valence-electron chi connectivity index (χ0n) is 19.8. The van der Waals surface area contributed by atoms with Gasteiger partial charge in [0.15, 0.2) is 0 Å². The fourth-order valence-electron chi connectivity index (χ4n) is 5.64. The molecule has 4 nitrogen and oxygen atoms in total. The molecule has 5 rings (SSSR count). The van der Waals surface area contributed by atoms with Gasteiger partial charge in [-0.3, -0.25) is 4.79 Å². The van der Waals surface area contributed by atoms with Crippen molar-refractivity contribution in [1.29, 1.82) is 0 Å². The number of unbranched alkanes of at least 4 members (excludes halogenated alkanes) is 1. The van der Waals surface area contributed by atoms with Gasteiger partial charge in [-0.15, -0.1) is 0 Å². The zero-order valence-corrected chi connectivity index (χ0v) is 21.3. The first kappa shape index (κ1) is 24.0. The number of rotatable bonds is 8. The van der Waals surface area contributed by atoms with Crippen LogP contribution >= 0.6 is 23.2 Å². The largest absolute Gasteiger partial charge is 0.492 e. The maximum Gasteiger partial charge on any atom is 0.307 e. The second-order valence-electron chi connectivity index (χ2n) is 10.1. The summed E-state index contributed by atoms with van der Waals surface area (Å²) in [5.74, 6) is 1.79. The summed E-state index contributed by atoms with van der Waals surface area (Å²) in [4.78, 5) is 14.3. The molecular weight excluding hydrogens is 469 g/mol. The molecule has 0 amide bonds. The van der Waals surface area contributed by atoms with Crippen LogP contribution in [0.5, 0.6) is 5.75 Å². The zero-order chi connectivity index (χ0) is 23.7. The van der Waals surface area contributed by atoms with Crippen LogP contribution in [0.2, 0.25) is 10.0 Å². The standard InChI is InChI=1S/C28H33Cl2NO3/c1-2-3-15-33-26(32)9-12-31-13-10-28(11-14-31)18-34-25-16-19(7-8-22(25)28)20-17-21(20)27-23(29)5-4-6-24(27)30/h4-8,16,20-21H,2-3,9-15,17-18H2,1H3. The Morgan fingerprint density at radius 3 is 2.65 bits per heavy atom. The van der Waals surface area contributed by atoms with E-state index in [0.29, 0.717) is 24.9 Å². The van der Waals surface area contributed by atoms with E-state index in [-0.39, 0.29) is 11.4 Å². The number of esters is 1. The smallest absolute Gasteiger partial charge is 0.307 e. The summed E-state index contributed by atoms with van der Waals surface area (Å²) in [6, 6.07) is 12.6. The number of piperidine rings is 1. The summed E-state index contributed by atoms with van der Waals surface area (Å²) in [5, 5.41) is 1.52. The second kappa shape index (κ2) is 10.1. The minimum atomic E-state index is -0.0766. The number of carbonyl (C=O) groups is 1. The molecule has 1 saturated heterocycles. The van der Waals surface area contributed by atoms with Crippen molar-refractivity contribution in [2.75, 3.05) is 32.8 Å². The van der Waals surface area contributed by atoms with Crippen molar-refractivity contribution in [3.63, 3.8) is 0 Å². The predicted molar refractivity (Wildman–Crippen MR) is 136 cm³/mol. The summed E-state index contributed by atoms with van der Waals surface area (Å²) >= 11 is 12.9. The summed E-state index contributed by atoms with van der Waals surface area (Å²) in [7, 11) is 0. The Labute approximate surface area is 212 Å². The van der Waals surface area contributed by atoms with Crippen molar-refractivity contribution in [2.24, 2.45) is 0 Å². The number of benzene rings is 2. The molecular formula is C28H33Cl2NO3. The van der Waals surface area contributed by atoms with Crippen molar-refractivity contribution >= 4 is 29.2 Å². The third-order valence-electron chi connectivity index (χ3n) is 7.88. The lowest BCUT2D eigenvalue weighted by atomic mass is 9.74. The van der Waals surface area contributed by atoms with Gasteiger partial charge in [0.1, 0.15) is 5.75 Å². The van der Waals surface area contributed by atoms with E-state index < -0.39 is 0 Å². The van der Waals surface area contributed by atoms with Crippen LogP contribution in [0.15, 0.2) is 36.4 Å². The summed E-state index contributed by atoms with van der Waals surface area (Å²) < 4.78 is 11.5. The molecule has 2 aromatic carbocycles. The third kappa shape index (κ3) is 4.82. The van der Waals surface area contributed by atoms with Gasteiger partial charge < -0.3 is 14.4 Å². The fourth-order valence-corrected chi connectivity index (χ4v) is 6.32. The van der Waals surface area contributed by atoms with E-state index in [1.165, 1.54) is 11.1 Å². The predicted octanol–water partition coefficient (Wildman–Crippen LogP) is 6.72. The Bertz CT molecular complexity index is 1030. The third-order valence-corrected chi connectivity index (χ3v) is 8.54. The summed E-state index contributed by atoms with van der Waals surface area (Å²) in [6.45, 7) is 6.15. The molecule has 3 aliphatic rings. The van der Waals surface area contributed by atoms with Gasteiger partial charge in [-0.2, -0.15) is 0 Å². The molecule has 6 heteroatoms. The molecule has 34 heavy (non-hydrogen) atoms. The lowest BCUT2D eigenvalue weighted by Crippen LogP contribution is -2.44. The Morgan fingerprint density at radius 1 is 1.15 bits per heavy atom. The van der Waals surface area contributed by atoms with Crippen LogP contribution in [0.1, 0.15) is 74.0 Å². The van der Waals surface area contributed by atoms with Gasteiger partial charge in [-0.1, -0.05) is 54.7 Å². The van der Waals surface area contributed by atoms with Crippen molar-refractivity contribution in [3.05, 3.63) is 63.1 Å². The summed E-state index contributed by atoms with van der Waals surface area (Å²) in [6.07, 6.45) is 5.66. The quantitative estimate of drug-likeness (QED) is 0.297. The number of hydrogen-bond donors (Lipinski definition) is 0. The Morgan fingerprint density at radius 2 is 1.91 bits per heavy atom. The molecule has 2 aromatic rings. The van der Waals surface area contributed by atoms with Gasteiger partial charge in [0.2, 0.25) is 0 Å². The van der Waals surface area contributed by atoms with E-state index in [9.17, 15) is 4.79 Å². The SMILES string of the molecule is CCCCOC(=O)CCN1CCC2(CC1)COc1cc(C3CC3c3c(Cl)cccc3Cl)ccc12. The van der Waals surface area contributed by atoms with E-state index in [1.807, 2.05) is 18.2 Å². The monoisotopic (exact) mass is 501 g/mol. The molecule has 2 atom stereocenters. The molecule has 1 spiro atoms.